The number of halogens is 2. The van der Waals surface area contributed by atoms with Gasteiger partial charge in [-0.1, -0.05) is 226 Å². The molecule has 0 amide bonds. The molecule has 12 nitrogen and oxygen atoms in total. The third-order valence-electron chi connectivity index (χ3n) is 18.2. The Morgan fingerprint density at radius 1 is 0.302 bits per heavy atom. The molecule has 9 aromatic carbocycles. The molecule has 13 aromatic rings. The summed E-state index contributed by atoms with van der Waals surface area (Å²) in [5, 5.41) is 40.8. The van der Waals surface area contributed by atoms with Crippen LogP contribution in [0.1, 0.15) is 168 Å². The minimum atomic E-state index is -0.247. The molecule has 129 heavy (non-hydrogen) atoms. The van der Waals surface area contributed by atoms with Crippen LogP contribution >= 0.6 is 0 Å². The second-order valence-electron chi connectivity index (χ2n) is 34.1. The maximum absolute atomic E-state index is 13.9. The standard InChI is InChI=1S/C21H14N.C16H12N.2C15H9FN.4C11H20O2.4Ir/c1-3-9-16(10-4-1)19-15-18-13-7-8-14-20(18)22-21(19)17-11-5-2-6-12-17;1-12-11-14-9-5-6-10-15(14)17-16(12)13-7-3-2-4-8-13;16-13-10-15(11-6-2-1-3-7-11)17-14-9-5-4-8-12(13)14;16-13-7-4-8-15-12(13)9-10-14(17-15)11-5-2-1-3-6-11;4*1-8(2)5-10(12)7-11(13)6-9(3)4;;;;/h1-11,13-15H;2-7,9-11H,1H3;1-6,8-10H;1-5,7-10H;4*7-9,12H,5-6H2,1-4H3;;;;/q4*-1;;;;;;;;. The Bertz CT molecular complexity index is 5380. The van der Waals surface area contributed by atoms with Crippen molar-refractivity contribution in [3.8, 4) is 56.2 Å². The van der Waals surface area contributed by atoms with Crippen molar-refractivity contribution < 1.29 is 129 Å². The van der Waals surface area contributed by atoms with Gasteiger partial charge in [0.15, 0.2) is 23.1 Å². The topological polar surface area (TPSA) is 201 Å². The van der Waals surface area contributed by atoms with E-state index < -0.39 is 0 Å². The van der Waals surface area contributed by atoms with Crippen LogP contribution in [0.2, 0.25) is 0 Å². The Hall–Kier alpha value is -10.1. The summed E-state index contributed by atoms with van der Waals surface area (Å²) in [4.78, 5) is 63.3. The molecule has 0 bridgehead atoms. The molecule has 4 N–H and O–H groups in total. The van der Waals surface area contributed by atoms with Gasteiger partial charge in [0.1, 0.15) is 11.6 Å². The van der Waals surface area contributed by atoms with Crippen LogP contribution in [0, 0.1) is 90.2 Å². The van der Waals surface area contributed by atoms with Gasteiger partial charge < -0.3 is 20.4 Å². The number of para-hydroxylation sites is 3. The summed E-state index contributed by atoms with van der Waals surface area (Å²) in [6.07, 6.45) is 9.86. The number of rotatable bonds is 25. The van der Waals surface area contributed by atoms with Gasteiger partial charge in [0, 0.05) is 167 Å². The number of aliphatic hydroxyl groups excluding tert-OH is 4. The molecule has 0 aliphatic rings. The Kier molecular flexibility index (Phi) is 54.8. The van der Waals surface area contributed by atoms with E-state index in [9.17, 15) is 48.4 Å². The molecular weight excluding hydrogens is 2320 g/mol. The first-order valence-electron chi connectivity index (χ1n) is 43.1. The molecule has 0 unspecified atom stereocenters. The second kappa shape index (κ2) is 61.5. The average molecular weight is 2450 g/mol. The Labute approximate surface area is 818 Å². The van der Waals surface area contributed by atoms with E-state index >= 15 is 0 Å². The Balaban J connectivity index is 0.000000501. The summed E-state index contributed by atoms with van der Waals surface area (Å²) < 4.78 is 27.4. The van der Waals surface area contributed by atoms with Crippen LogP contribution in [0.15, 0.2) is 296 Å². The number of benzene rings is 9. The molecule has 4 heterocycles. The number of aromatic nitrogens is 4. The van der Waals surface area contributed by atoms with E-state index in [2.05, 4.69) is 102 Å². The fraction of sp³-hybridized carbons (Fsp3) is 0.297. The number of allylic oxidation sites excluding steroid dienone is 8. The van der Waals surface area contributed by atoms with Crippen molar-refractivity contribution in [1.29, 1.82) is 0 Å². The van der Waals surface area contributed by atoms with Gasteiger partial charge in [0.05, 0.1) is 45.1 Å². The van der Waals surface area contributed by atoms with Crippen LogP contribution < -0.4 is 0 Å². The summed E-state index contributed by atoms with van der Waals surface area (Å²) >= 11 is 0. The first kappa shape index (κ1) is 115. The van der Waals surface area contributed by atoms with Crippen LogP contribution in [-0.4, -0.2) is 63.5 Å². The van der Waals surface area contributed by atoms with E-state index in [0.29, 0.717) is 126 Å². The van der Waals surface area contributed by atoms with E-state index in [-0.39, 0.29) is 138 Å². The quantitative estimate of drug-likeness (QED) is 0.0240. The number of aryl methyl sites for hydroxylation is 1. The molecule has 0 saturated carbocycles. The molecule has 18 heteroatoms. The number of carbonyl (C=O) groups is 4. The SMILES string of the molecule is CC(C)CC(=O)C=C(O)CC(C)C.CC(C)CC(=O)C=C(O)CC(C)C.CC(C)CC(=O)C=C(O)CC(C)C.CC(C)CC(=O)C=C(O)CC(C)C.Cc1cc2ccccc2nc1-c1[c-]cccc1.Fc1cc(-c2[c-]cccc2)nc2ccccc12.Fc1cccc2nc(-c3[c-]cccc3)ccc12.[Ir].[Ir].[Ir].[Ir].[c-]1ccccc1-c1nc2ccccc2cc1-c1ccccc1. The Morgan fingerprint density at radius 3 is 1.00 bits per heavy atom. The van der Waals surface area contributed by atoms with Gasteiger partial charge in [-0.15, -0.1) is 144 Å². The molecule has 0 atom stereocenters. The zero-order valence-corrected chi connectivity index (χ0v) is 86.6. The van der Waals surface area contributed by atoms with Gasteiger partial charge in [0.2, 0.25) is 0 Å². The van der Waals surface area contributed by atoms with Crippen LogP contribution in [0.3, 0.4) is 0 Å². The van der Waals surface area contributed by atoms with Crippen LogP contribution in [0.5, 0.6) is 0 Å². The summed E-state index contributed by atoms with van der Waals surface area (Å²) in [6.45, 7) is 34.1. The van der Waals surface area contributed by atoms with Gasteiger partial charge in [-0.05, 0) is 141 Å². The van der Waals surface area contributed by atoms with Gasteiger partial charge in [-0.25, -0.2) is 8.78 Å². The van der Waals surface area contributed by atoms with Crippen molar-refractivity contribution in [3.05, 3.63) is 338 Å². The molecular formula is C111H124F2Ir4N4O8-4. The van der Waals surface area contributed by atoms with E-state index in [0.717, 1.165) is 61.3 Å². The van der Waals surface area contributed by atoms with E-state index in [1.54, 1.807) is 30.3 Å². The van der Waals surface area contributed by atoms with Crippen molar-refractivity contribution >= 4 is 66.7 Å². The molecule has 4 radical (unpaired) electrons. The fourth-order valence-electron chi connectivity index (χ4n) is 12.9. The molecule has 0 saturated heterocycles. The van der Waals surface area contributed by atoms with Crippen molar-refractivity contribution in [1.82, 2.24) is 19.9 Å². The van der Waals surface area contributed by atoms with Crippen molar-refractivity contribution in [2.75, 3.05) is 0 Å². The normalized spacial score (nSPS) is 11.1. The maximum Gasteiger partial charge on any atom is 0.159 e. The van der Waals surface area contributed by atoms with E-state index in [1.165, 1.54) is 52.9 Å². The number of fused-ring (bicyclic) bond motifs is 4. The van der Waals surface area contributed by atoms with E-state index in [4.69, 9.17) is 9.97 Å². The Morgan fingerprint density at radius 2 is 0.612 bits per heavy atom. The van der Waals surface area contributed by atoms with Gasteiger partial charge in [-0.2, -0.15) is 0 Å². The fourth-order valence-corrected chi connectivity index (χ4v) is 12.9. The number of carbonyl (C=O) groups excluding carboxylic acids is 4. The predicted octanol–water partition coefficient (Wildman–Crippen LogP) is 29.4. The zero-order valence-electron chi connectivity index (χ0n) is 77.1. The summed E-state index contributed by atoms with van der Waals surface area (Å²) in [6, 6.07) is 92.0. The van der Waals surface area contributed by atoms with Crippen LogP contribution in [-0.2, 0) is 99.6 Å². The number of hydrogen-bond acceptors (Lipinski definition) is 12. The molecule has 690 valence electrons. The third kappa shape index (κ3) is 43.9. The average Bonchev–Trinajstić information content (AvgIpc) is 0.765. The number of pyridine rings is 4. The van der Waals surface area contributed by atoms with Crippen molar-refractivity contribution in [3.63, 3.8) is 0 Å². The zero-order chi connectivity index (χ0) is 91.5. The number of hydrogen-bond donors (Lipinski definition) is 4. The third-order valence-corrected chi connectivity index (χ3v) is 18.2. The van der Waals surface area contributed by atoms with E-state index in [1.807, 2.05) is 256 Å². The first-order chi connectivity index (χ1) is 59.6. The predicted molar refractivity (Wildman–Crippen MR) is 513 cm³/mol. The summed E-state index contributed by atoms with van der Waals surface area (Å²) in [7, 11) is 0. The van der Waals surface area contributed by atoms with Crippen LogP contribution in [0.4, 0.5) is 8.78 Å². The molecule has 0 fully saturated rings. The summed E-state index contributed by atoms with van der Waals surface area (Å²) in [5.74, 6) is 3.43. The molecule has 0 aliphatic carbocycles. The number of aliphatic hydroxyl groups is 4. The monoisotopic (exact) mass is 2450 g/mol. The largest absolute Gasteiger partial charge is 0.512 e. The summed E-state index contributed by atoms with van der Waals surface area (Å²) in [5.41, 5.74) is 14.1. The number of nitrogens with zero attached hydrogens (tertiary/aromatic N) is 4. The molecule has 0 spiro atoms. The van der Waals surface area contributed by atoms with Gasteiger partial charge >= 0.3 is 0 Å². The van der Waals surface area contributed by atoms with Crippen molar-refractivity contribution in [2.24, 2.45) is 47.3 Å². The van der Waals surface area contributed by atoms with Gasteiger partial charge in [0.25, 0.3) is 0 Å². The molecule has 0 aliphatic heterocycles. The van der Waals surface area contributed by atoms with Crippen LogP contribution in [0.25, 0.3) is 99.8 Å². The maximum atomic E-state index is 13.9. The molecule has 13 rings (SSSR count). The number of ketones is 4. The second-order valence-corrected chi connectivity index (χ2v) is 34.1. The van der Waals surface area contributed by atoms with Gasteiger partial charge in [-0.3, -0.25) is 39.1 Å². The van der Waals surface area contributed by atoms with Crippen molar-refractivity contribution in [2.45, 2.75) is 169 Å². The minimum Gasteiger partial charge on any atom is -0.512 e. The minimum absolute atomic E-state index is 0. The molecule has 4 aromatic heterocycles. The smallest absolute Gasteiger partial charge is 0.159 e. The first-order valence-corrected chi connectivity index (χ1v) is 43.1.